The Hall–Kier alpha value is -1.75. The summed E-state index contributed by atoms with van der Waals surface area (Å²) in [7, 11) is 0. The Morgan fingerprint density at radius 2 is 2.12 bits per heavy atom. The average Bonchev–Trinajstić information content (AvgIpc) is 2.28. The van der Waals surface area contributed by atoms with Crippen LogP contribution in [0.2, 0.25) is 0 Å². The van der Waals surface area contributed by atoms with Gasteiger partial charge >= 0.3 is 0 Å². The third-order valence-corrected chi connectivity index (χ3v) is 2.26. The molecular weight excluding hydrogens is 210 g/mol. The first kappa shape index (κ1) is 12.3. The number of aliphatic hydroxyl groups excluding tert-OH is 2. The molecule has 0 heterocycles. The van der Waals surface area contributed by atoms with Gasteiger partial charge in [-0.2, -0.15) is 0 Å². The lowest BCUT2D eigenvalue weighted by atomic mass is 10.0. The molecule has 2 unspecified atom stereocenters. The van der Waals surface area contributed by atoms with Crippen molar-refractivity contribution in [2.75, 3.05) is 6.54 Å². The van der Waals surface area contributed by atoms with Crippen molar-refractivity contribution in [1.82, 2.24) is 0 Å². The largest absolute Gasteiger partial charge is 0.508 e. The number of phenolic OH excluding ortho intramolecular Hbond substituents is 1. The lowest BCUT2D eigenvalue weighted by Crippen LogP contribution is -2.21. The van der Waals surface area contributed by atoms with Crippen LogP contribution in [-0.2, 0) is 0 Å². The van der Waals surface area contributed by atoms with E-state index >= 15 is 0 Å². The normalized spacial score (nSPS) is 13.9. The van der Waals surface area contributed by atoms with Crippen LogP contribution in [0, 0.1) is 6.92 Å². The summed E-state index contributed by atoms with van der Waals surface area (Å²) < 4.78 is 0. The monoisotopic (exact) mass is 223 g/mol. The van der Waals surface area contributed by atoms with Crippen molar-refractivity contribution in [3.05, 3.63) is 39.8 Å². The van der Waals surface area contributed by atoms with Crippen molar-refractivity contribution in [3.63, 3.8) is 0 Å². The second-order valence-electron chi connectivity index (χ2n) is 3.47. The van der Waals surface area contributed by atoms with E-state index in [4.69, 9.17) is 5.53 Å². The van der Waals surface area contributed by atoms with E-state index in [-0.39, 0.29) is 12.3 Å². The highest BCUT2D eigenvalue weighted by Gasteiger charge is 2.17. The second kappa shape index (κ2) is 5.37. The van der Waals surface area contributed by atoms with E-state index in [1.165, 1.54) is 12.1 Å². The minimum atomic E-state index is -1.15. The Labute approximate surface area is 92.4 Å². The van der Waals surface area contributed by atoms with Gasteiger partial charge in [0, 0.05) is 4.91 Å². The predicted molar refractivity (Wildman–Crippen MR) is 57.8 cm³/mol. The molecule has 0 aromatic heterocycles. The van der Waals surface area contributed by atoms with Gasteiger partial charge in [-0.1, -0.05) is 11.2 Å². The van der Waals surface area contributed by atoms with Gasteiger partial charge in [-0.25, -0.2) is 0 Å². The highest BCUT2D eigenvalue weighted by atomic mass is 16.3. The standard InChI is InChI=1S/C10H13N3O3/c1-6-4-7(2-3-8(6)14)10(16)9(15)5-12-13-11/h2-4,9-10,14-16H,5H2,1H3. The van der Waals surface area contributed by atoms with Gasteiger partial charge in [0.25, 0.3) is 0 Å². The number of phenols is 1. The Bertz CT molecular complexity index is 416. The summed E-state index contributed by atoms with van der Waals surface area (Å²) in [6, 6.07) is 4.51. The molecule has 0 spiro atoms. The van der Waals surface area contributed by atoms with Crippen LogP contribution in [0.25, 0.3) is 10.4 Å². The minimum absolute atomic E-state index is 0.125. The molecule has 0 bridgehead atoms. The van der Waals surface area contributed by atoms with Gasteiger partial charge in [0.15, 0.2) is 0 Å². The molecule has 0 saturated heterocycles. The predicted octanol–water partition coefficient (Wildman–Crippen LogP) is 1.41. The maximum absolute atomic E-state index is 9.72. The van der Waals surface area contributed by atoms with Crippen LogP contribution in [0.15, 0.2) is 23.3 Å². The van der Waals surface area contributed by atoms with E-state index in [1.54, 1.807) is 13.0 Å². The fourth-order valence-electron chi connectivity index (χ4n) is 1.30. The van der Waals surface area contributed by atoms with E-state index in [0.29, 0.717) is 11.1 Å². The van der Waals surface area contributed by atoms with E-state index in [0.717, 1.165) is 0 Å². The van der Waals surface area contributed by atoms with Crippen molar-refractivity contribution < 1.29 is 15.3 Å². The summed E-state index contributed by atoms with van der Waals surface area (Å²) in [6.07, 6.45) is -2.29. The zero-order valence-corrected chi connectivity index (χ0v) is 8.78. The van der Waals surface area contributed by atoms with E-state index in [2.05, 4.69) is 10.0 Å². The zero-order valence-electron chi connectivity index (χ0n) is 8.78. The van der Waals surface area contributed by atoms with Gasteiger partial charge < -0.3 is 15.3 Å². The third-order valence-electron chi connectivity index (χ3n) is 2.26. The summed E-state index contributed by atoms with van der Waals surface area (Å²) in [4.78, 5) is 2.50. The summed E-state index contributed by atoms with van der Waals surface area (Å²) in [6.45, 7) is 1.49. The quantitative estimate of drug-likeness (QED) is 0.407. The van der Waals surface area contributed by atoms with E-state index in [9.17, 15) is 15.3 Å². The minimum Gasteiger partial charge on any atom is -0.508 e. The van der Waals surface area contributed by atoms with Gasteiger partial charge in [0.05, 0.1) is 12.6 Å². The molecule has 6 nitrogen and oxygen atoms in total. The first-order chi connectivity index (χ1) is 7.56. The average molecular weight is 223 g/mol. The molecule has 0 aliphatic rings. The Morgan fingerprint density at radius 1 is 1.44 bits per heavy atom. The van der Waals surface area contributed by atoms with Gasteiger partial charge in [-0.05, 0) is 35.7 Å². The number of benzene rings is 1. The Kier molecular flexibility index (Phi) is 4.13. The topological polar surface area (TPSA) is 109 Å². The molecule has 0 saturated carbocycles. The van der Waals surface area contributed by atoms with Crippen LogP contribution in [0.1, 0.15) is 17.2 Å². The first-order valence-corrected chi connectivity index (χ1v) is 4.72. The smallest absolute Gasteiger partial charge is 0.118 e. The maximum atomic E-state index is 9.72. The fourth-order valence-corrected chi connectivity index (χ4v) is 1.30. The highest BCUT2D eigenvalue weighted by Crippen LogP contribution is 2.23. The van der Waals surface area contributed by atoms with Crippen LogP contribution in [0.4, 0.5) is 0 Å². The van der Waals surface area contributed by atoms with E-state index < -0.39 is 12.2 Å². The molecule has 0 amide bonds. The number of aromatic hydroxyl groups is 1. The Morgan fingerprint density at radius 3 is 2.69 bits per heavy atom. The molecular formula is C10H13N3O3. The van der Waals surface area contributed by atoms with Crippen LogP contribution in [0.5, 0.6) is 5.75 Å². The molecule has 3 N–H and O–H groups in total. The fraction of sp³-hybridized carbons (Fsp3) is 0.400. The van der Waals surface area contributed by atoms with E-state index in [1.807, 2.05) is 0 Å². The summed E-state index contributed by atoms with van der Waals surface area (Å²) in [5, 5.41) is 31.7. The van der Waals surface area contributed by atoms with Gasteiger partial charge in [0.1, 0.15) is 11.9 Å². The molecule has 0 aliphatic carbocycles. The summed E-state index contributed by atoms with van der Waals surface area (Å²) in [5.41, 5.74) is 9.15. The molecule has 0 radical (unpaired) electrons. The number of hydrogen-bond donors (Lipinski definition) is 3. The molecule has 6 heteroatoms. The van der Waals surface area contributed by atoms with Crippen molar-refractivity contribution >= 4 is 0 Å². The number of aryl methyl sites for hydroxylation is 1. The van der Waals surface area contributed by atoms with Gasteiger partial charge in [0.2, 0.25) is 0 Å². The van der Waals surface area contributed by atoms with Crippen LogP contribution >= 0.6 is 0 Å². The lowest BCUT2D eigenvalue weighted by molar-refractivity contribution is 0.0243. The summed E-state index contributed by atoms with van der Waals surface area (Å²) >= 11 is 0. The second-order valence-corrected chi connectivity index (χ2v) is 3.47. The van der Waals surface area contributed by atoms with Gasteiger partial charge in [-0.15, -0.1) is 0 Å². The van der Waals surface area contributed by atoms with Crippen molar-refractivity contribution in [3.8, 4) is 5.75 Å². The molecule has 1 rings (SSSR count). The molecule has 86 valence electrons. The number of nitrogens with zero attached hydrogens (tertiary/aromatic N) is 3. The van der Waals surface area contributed by atoms with Crippen molar-refractivity contribution in [1.29, 1.82) is 0 Å². The third kappa shape index (κ3) is 2.87. The number of rotatable bonds is 4. The maximum Gasteiger partial charge on any atom is 0.118 e. The van der Waals surface area contributed by atoms with Crippen LogP contribution in [0.3, 0.4) is 0 Å². The molecule has 1 aromatic rings. The van der Waals surface area contributed by atoms with Crippen LogP contribution in [-0.4, -0.2) is 28.0 Å². The molecule has 16 heavy (non-hydrogen) atoms. The van der Waals surface area contributed by atoms with Crippen molar-refractivity contribution in [2.45, 2.75) is 19.1 Å². The number of azide groups is 1. The van der Waals surface area contributed by atoms with Crippen molar-refractivity contribution in [2.24, 2.45) is 5.11 Å². The summed E-state index contributed by atoms with van der Waals surface area (Å²) in [5.74, 6) is 0.125. The number of hydrogen-bond acceptors (Lipinski definition) is 4. The first-order valence-electron chi connectivity index (χ1n) is 4.72. The molecule has 1 aromatic carbocycles. The molecule has 0 aliphatic heterocycles. The van der Waals surface area contributed by atoms with Gasteiger partial charge in [-0.3, -0.25) is 0 Å². The molecule has 0 fully saturated rings. The molecule has 2 atom stereocenters. The lowest BCUT2D eigenvalue weighted by Gasteiger charge is -2.16. The SMILES string of the molecule is Cc1cc(C(O)C(O)CN=[N+]=[N-])ccc1O. The van der Waals surface area contributed by atoms with Crippen LogP contribution < -0.4 is 0 Å². The highest BCUT2D eigenvalue weighted by molar-refractivity contribution is 5.36. The zero-order chi connectivity index (χ0) is 12.1. The Balaban J connectivity index is 2.82. The number of aliphatic hydroxyl groups is 2.